The Hall–Kier alpha value is -3.20. The standard InChI is InChI=1S/C18H20N6O3/c25-18(21-13-4-1-3-12(11-13)14-6-9-20-23-14)19-8-7-16-22-17(27-24-16)15-5-2-10-26-15/h1,3-4,6,9,11,15H,2,5,7-8,10H2,(H,20,23)(H2,19,21,25)/t15-/m1/s1. The van der Waals surface area contributed by atoms with Gasteiger partial charge in [-0.05, 0) is 31.0 Å². The van der Waals surface area contributed by atoms with Crippen LogP contribution in [0.4, 0.5) is 10.5 Å². The minimum Gasteiger partial charge on any atom is -0.368 e. The molecule has 2 aromatic heterocycles. The summed E-state index contributed by atoms with van der Waals surface area (Å²) in [6.45, 7) is 1.13. The summed E-state index contributed by atoms with van der Waals surface area (Å²) in [5.41, 5.74) is 2.52. The van der Waals surface area contributed by atoms with E-state index in [1.807, 2.05) is 30.3 Å². The number of nitrogens with one attached hydrogen (secondary N) is 3. The summed E-state index contributed by atoms with van der Waals surface area (Å²) >= 11 is 0. The lowest BCUT2D eigenvalue weighted by Crippen LogP contribution is -2.30. The van der Waals surface area contributed by atoms with Gasteiger partial charge in [0, 0.05) is 37.0 Å². The number of carbonyl (C=O) groups is 1. The van der Waals surface area contributed by atoms with Crippen molar-refractivity contribution in [3.63, 3.8) is 0 Å². The first-order valence-electron chi connectivity index (χ1n) is 8.87. The molecule has 1 aliphatic heterocycles. The van der Waals surface area contributed by atoms with Gasteiger partial charge in [0.1, 0.15) is 6.10 Å². The normalized spacial score (nSPS) is 16.4. The minimum absolute atomic E-state index is 0.0929. The molecule has 1 aliphatic rings. The Morgan fingerprint density at radius 3 is 3.11 bits per heavy atom. The number of aromatic amines is 1. The van der Waals surface area contributed by atoms with Crippen molar-refractivity contribution in [1.29, 1.82) is 0 Å². The van der Waals surface area contributed by atoms with Crippen molar-refractivity contribution in [2.24, 2.45) is 0 Å². The second kappa shape index (κ2) is 8.00. The number of rotatable bonds is 6. The van der Waals surface area contributed by atoms with Crippen LogP contribution in [-0.2, 0) is 11.2 Å². The summed E-state index contributed by atoms with van der Waals surface area (Å²) < 4.78 is 10.7. The molecule has 1 fully saturated rings. The molecule has 0 radical (unpaired) electrons. The summed E-state index contributed by atoms with van der Waals surface area (Å²) in [4.78, 5) is 16.4. The Bertz CT molecular complexity index is 886. The van der Waals surface area contributed by atoms with Crippen molar-refractivity contribution in [1.82, 2.24) is 25.7 Å². The maximum absolute atomic E-state index is 12.1. The van der Waals surface area contributed by atoms with E-state index >= 15 is 0 Å². The molecule has 0 bridgehead atoms. The molecule has 0 spiro atoms. The maximum atomic E-state index is 12.1. The third-order valence-electron chi connectivity index (χ3n) is 4.26. The van der Waals surface area contributed by atoms with E-state index in [1.54, 1.807) is 6.20 Å². The number of H-pyrrole nitrogens is 1. The highest BCUT2D eigenvalue weighted by Gasteiger charge is 2.23. The molecule has 27 heavy (non-hydrogen) atoms. The van der Waals surface area contributed by atoms with E-state index in [1.165, 1.54) is 0 Å². The van der Waals surface area contributed by atoms with Crippen LogP contribution in [0.15, 0.2) is 41.1 Å². The van der Waals surface area contributed by atoms with Gasteiger partial charge < -0.3 is 19.9 Å². The van der Waals surface area contributed by atoms with Crippen LogP contribution in [0.25, 0.3) is 11.3 Å². The van der Waals surface area contributed by atoms with Crippen LogP contribution >= 0.6 is 0 Å². The first-order valence-corrected chi connectivity index (χ1v) is 8.87. The summed E-state index contributed by atoms with van der Waals surface area (Å²) in [6, 6.07) is 9.09. The molecule has 1 saturated heterocycles. The predicted octanol–water partition coefficient (Wildman–Crippen LogP) is 2.68. The summed E-state index contributed by atoms with van der Waals surface area (Å²) in [5.74, 6) is 1.07. The topological polar surface area (TPSA) is 118 Å². The van der Waals surface area contributed by atoms with E-state index < -0.39 is 0 Å². The number of nitrogens with zero attached hydrogens (tertiary/aromatic N) is 3. The number of hydrogen-bond acceptors (Lipinski definition) is 6. The van der Waals surface area contributed by atoms with E-state index in [4.69, 9.17) is 9.26 Å². The fourth-order valence-corrected chi connectivity index (χ4v) is 2.92. The van der Waals surface area contributed by atoms with E-state index in [9.17, 15) is 4.79 Å². The molecule has 140 valence electrons. The molecule has 2 amide bonds. The lowest BCUT2D eigenvalue weighted by molar-refractivity contribution is 0.0835. The number of anilines is 1. The molecule has 9 heteroatoms. The highest BCUT2D eigenvalue weighted by atomic mass is 16.5. The first-order chi connectivity index (χ1) is 13.3. The number of amides is 2. The van der Waals surface area contributed by atoms with Gasteiger partial charge in [-0.2, -0.15) is 10.1 Å². The van der Waals surface area contributed by atoms with Gasteiger partial charge in [-0.1, -0.05) is 17.3 Å². The molecule has 0 unspecified atom stereocenters. The molecule has 1 atom stereocenters. The molecule has 3 aromatic rings. The Morgan fingerprint density at radius 2 is 2.30 bits per heavy atom. The zero-order valence-electron chi connectivity index (χ0n) is 14.6. The zero-order valence-corrected chi connectivity index (χ0v) is 14.6. The van der Waals surface area contributed by atoms with Gasteiger partial charge in [-0.15, -0.1) is 0 Å². The van der Waals surface area contributed by atoms with Crippen LogP contribution in [0.5, 0.6) is 0 Å². The Balaban J connectivity index is 1.26. The minimum atomic E-state index is -0.292. The Labute approximate surface area is 155 Å². The number of benzene rings is 1. The van der Waals surface area contributed by atoms with Crippen LogP contribution in [0.1, 0.15) is 30.7 Å². The van der Waals surface area contributed by atoms with E-state index in [-0.39, 0.29) is 12.1 Å². The molecular formula is C18H20N6O3. The molecule has 9 nitrogen and oxygen atoms in total. The second-order valence-electron chi connectivity index (χ2n) is 6.23. The maximum Gasteiger partial charge on any atom is 0.319 e. The van der Waals surface area contributed by atoms with Crippen molar-refractivity contribution in [3.05, 3.63) is 48.2 Å². The first kappa shape index (κ1) is 17.2. The summed E-state index contributed by atoms with van der Waals surface area (Å²) in [7, 11) is 0. The van der Waals surface area contributed by atoms with Crippen LogP contribution in [-0.4, -0.2) is 39.5 Å². The Morgan fingerprint density at radius 1 is 1.33 bits per heavy atom. The van der Waals surface area contributed by atoms with Crippen molar-refractivity contribution in [3.8, 4) is 11.3 Å². The molecular weight excluding hydrogens is 348 g/mol. The van der Waals surface area contributed by atoms with Crippen LogP contribution < -0.4 is 10.6 Å². The third-order valence-corrected chi connectivity index (χ3v) is 4.26. The largest absolute Gasteiger partial charge is 0.368 e. The molecule has 3 heterocycles. The molecule has 0 aliphatic carbocycles. The van der Waals surface area contributed by atoms with Gasteiger partial charge in [-0.25, -0.2) is 4.79 Å². The lowest BCUT2D eigenvalue weighted by Gasteiger charge is -2.08. The van der Waals surface area contributed by atoms with Crippen LogP contribution in [0.2, 0.25) is 0 Å². The van der Waals surface area contributed by atoms with Gasteiger partial charge in [0.05, 0.1) is 5.69 Å². The van der Waals surface area contributed by atoms with E-state index in [0.717, 1.165) is 30.7 Å². The van der Waals surface area contributed by atoms with Gasteiger partial charge in [-0.3, -0.25) is 5.10 Å². The van der Waals surface area contributed by atoms with Crippen LogP contribution in [0, 0.1) is 0 Å². The molecule has 3 N–H and O–H groups in total. The van der Waals surface area contributed by atoms with Crippen molar-refractivity contribution in [2.45, 2.75) is 25.4 Å². The molecule has 0 saturated carbocycles. The number of carbonyl (C=O) groups excluding carboxylic acids is 1. The predicted molar refractivity (Wildman–Crippen MR) is 97.0 cm³/mol. The van der Waals surface area contributed by atoms with Crippen molar-refractivity contribution < 1.29 is 14.1 Å². The number of aromatic nitrogens is 4. The van der Waals surface area contributed by atoms with Crippen molar-refractivity contribution in [2.75, 3.05) is 18.5 Å². The summed E-state index contributed by atoms with van der Waals surface area (Å²) in [6.07, 6.45) is 3.98. The number of hydrogen-bond donors (Lipinski definition) is 3. The number of urea groups is 1. The van der Waals surface area contributed by atoms with Crippen LogP contribution in [0.3, 0.4) is 0 Å². The average molecular weight is 368 g/mol. The second-order valence-corrected chi connectivity index (χ2v) is 6.23. The van der Waals surface area contributed by atoms with Crippen molar-refractivity contribution >= 4 is 11.7 Å². The highest BCUT2D eigenvalue weighted by molar-refractivity contribution is 5.90. The monoisotopic (exact) mass is 368 g/mol. The molecule has 1 aromatic carbocycles. The van der Waals surface area contributed by atoms with Gasteiger partial charge in [0.2, 0.25) is 0 Å². The number of ether oxygens (including phenoxy) is 1. The Kier molecular flexibility index (Phi) is 5.10. The van der Waals surface area contributed by atoms with E-state index in [2.05, 4.69) is 31.0 Å². The highest BCUT2D eigenvalue weighted by Crippen LogP contribution is 2.26. The third kappa shape index (κ3) is 4.32. The summed E-state index contributed by atoms with van der Waals surface area (Å²) in [5, 5.41) is 16.4. The van der Waals surface area contributed by atoms with E-state index in [0.29, 0.717) is 30.4 Å². The molecule has 4 rings (SSSR count). The SMILES string of the molecule is O=C(NCCc1noc([C@H]2CCCO2)n1)Nc1cccc(-c2ccn[nH]2)c1. The lowest BCUT2D eigenvalue weighted by atomic mass is 10.1. The fourth-order valence-electron chi connectivity index (χ4n) is 2.92. The quantitative estimate of drug-likeness (QED) is 0.616. The van der Waals surface area contributed by atoms with Gasteiger partial charge in [0.15, 0.2) is 5.82 Å². The average Bonchev–Trinajstić information content (AvgIpc) is 3.43. The van der Waals surface area contributed by atoms with Gasteiger partial charge >= 0.3 is 6.03 Å². The van der Waals surface area contributed by atoms with Gasteiger partial charge in [0.25, 0.3) is 5.89 Å². The fraction of sp³-hybridized carbons (Fsp3) is 0.333. The zero-order chi connectivity index (χ0) is 18.5. The smallest absolute Gasteiger partial charge is 0.319 e.